The van der Waals surface area contributed by atoms with Gasteiger partial charge in [-0.1, -0.05) is 6.07 Å². The quantitative estimate of drug-likeness (QED) is 0.892. The van der Waals surface area contributed by atoms with E-state index in [9.17, 15) is 18.0 Å². The molecule has 0 bridgehead atoms. The highest BCUT2D eigenvalue weighted by Gasteiger charge is 2.30. The number of benzene rings is 2. The van der Waals surface area contributed by atoms with Gasteiger partial charge in [-0.15, -0.1) is 0 Å². The molecule has 24 heavy (non-hydrogen) atoms. The molecule has 0 aliphatic rings. The molecular weight excluding hydrogens is 323 g/mol. The van der Waals surface area contributed by atoms with Crippen LogP contribution in [0.15, 0.2) is 42.5 Å². The van der Waals surface area contributed by atoms with E-state index in [1.54, 1.807) is 18.2 Å². The van der Waals surface area contributed by atoms with Gasteiger partial charge in [-0.3, -0.25) is 4.79 Å². The summed E-state index contributed by atoms with van der Waals surface area (Å²) in [6.07, 6.45) is -4.44. The zero-order valence-corrected chi connectivity index (χ0v) is 13.1. The van der Waals surface area contributed by atoms with Crippen LogP contribution in [0.3, 0.4) is 0 Å². The highest BCUT2D eigenvalue weighted by atomic mass is 19.4. The molecule has 0 unspecified atom stereocenters. The number of anilines is 1. The lowest BCUT2D eigenvalue weighted by Crippen LogP contribution is -2.14. The summed E-state index contributed by atoms with van der Waals surface area (Å²) in [7, 11) is 3.01. The predicted molar refractivity (Wildman–Crippen MR) is 83.1 cm³/mol. The minimum Gasteiger partial charge on any atom is -0.497 e. The van der Waals surface area contributed by atoms with E-state index < -0.39 is 17.6 Å². The Kier molecular flexibility index (Phi) is 5.46. The molecular formula is C17H16F3NO3. The SMILES string of the molecule is COCc1ccc(OC)cc1NC(=O)c1ccc(C(F)(F)F)cc1. The van der Waals surface area contributed by atoms with Crippen molar-refractivity contribution < 1.29 is 27.4 Å². The zero-order valence-electron chi connectivity index (χ0n) is 13.1. The molecule has 128 valence electrons. The van der Waals surface area contributed by atoms with Gasteiger partial charge in [0.05, 0.1) is 25.0 Å². The largest absolute Gasteiger partial charge is 0.497 e. The maximum atomic E-state index is 12.6. The summed E-state index contributed by atoms with van der Waals surface area (Å²) in [4.78, 5) is 12.3. The molecule has 0 fully saturated rings. The highest BCUT2D eigenvalue weighted by molar-refractivity contribution is 6.04. The molecule has 0 saturated carbocycles. The predicted octanol–water partition coefficient (Wildman–Crippen LogP) is 4.11. The Morgan fingerprint density at radius 3 is 2.29 bits per heavy atom. The van der Waals surface area contributed by atoms with Crippen LogP contribution in [0, 0.1) is 0 Å². The van der Waals surface area contributed by atoms with Crippen molar-refractivity contribution >= 4 is 11.6 Å². The van der Waals surface area contributed by atoms with Gasteiger partial charge < -0.3 is 14.8 Å². The third-order valence-electron chi connectivity index (χ3n) is 3.34. The Morgan fingerprint density at radius 2 is 1.75 bits per heavy atom. The van der Waals surface area contributed by atoms with Crippen LogP contribution >= 0.6 is 0 Å². The van der Waals surface area contributed by atoms with Gasteiger partial charge in [0, 0.05) is 24.3 Å². The first kappa shape index (κ1) is 17.8. The van der Waals surface area contributed by atoms with Crippen molar-refractivity contribution in [3.8, 4) is 5.75 Å². The van der Waals surface area contributed by atoms with Crippen LogP contribution < -0.4 is 10.1 Å². The molecule has 0 aliphatic carbocycles. The van der Waals surface area contributed by atoms with Gasteiger partial charge in [0.1, 0.15) is 5.75 Å². The molecule has 0 radical (unpaired) electrons. The Balaban J connectivity index is 2.22. The van der Waals surface area contributed by atoms with Crippen LogP contribution in [0.4, 0.5) is 18.9 Å². The Morgan fingerprint density at radius 1 is 1.08 bits per heavy atom. The molecule has 1 amide bonds. The fourth-order valence-corrected chi connectivity index (χ4v) is 2.09. The normalized spacial score (nSPS) is 11.2. The second-order valence-corrected chi connectivity index (χ2v) is 4.99. The average Bonchev–Trinajstić information content (AvgIpc) is 2.56. The Hall–Kier alpha value is -2.54. The number of alkyl halides is 3. The van der Waals surface area contributed by atoms with Crippen molar-refractivity contribution in [1.82, 2.24) is 0 Å². The number of hydrogen-bond acceptors (Lipinski definition) is 3. The third-order valence-corrected chi connectivity index (χ3v) is 3.34. The van der Waals surface area contributed by atoms with E-state index in [0.717, 1.165) is 29.8 Å². The van der Waals surface area contributed by atoms with Crippen LogP contribution in [0.2, 0.25) is 0 Å². The maximum Gasteiger partial charge on any atom is 0.416 e. The summed E-state index contributed by atoms with van der Waals surface area (Å²) < 4.78 is 47.9. The van der Waals surface area contributed by atoms with Gasteiger partial charge in [0.25, 0.3) is 5.91 Å². The van der Waals surface area contributed by atoms with Crippen molar-refractivity contribution in [3.63, 3.8) is 0 Å². The molecule has 2 aromatic carbocycles. The summed E-state index contributed by atoms with van der Waals surface area (Å²) in [6, 6.07) is 9.10. The summed E-state index contributed by atoms with van der Waals surface area (Å²) in [5.41, 5.74) is 0.509. The van der Waals surface area contributed by atoms with Crippen molar-refractivity contribution in [2.24, 2.45) is 0 Å². The molecule has 2 rings (SSSR count). The summed E-state index contributed by atoms with van der Waals surface area (Å²) in [5, 5.41) is 2.66. The molecule has 0 spiro atoms. The zero-order chi connectivity index (χ0) is 17.7. The van der Waals surface area contributed by atoms with Crippen molar-refractivity contribution in [1.29, 1.82) is 0 Å². The van der Waals surface area contributed by atoms with E-state index in [4.69, 9.17) is 9.47 Å². The lowest BCUT2D eigenvalue weighted by molar-refractivity contribution is -0.137. The van der Waals surface area contributed by atoms with Gasteiger partial charge >= 0.3 is 6.18 Å². The number of nitrogens with one attached hydrogen (secondary N) is 1. The van der Waals surface area contributed by atoms with Crippen LogP contribution in [-0.4, -0.2) is 20.1 Å². The van der Waals surface area contributed by atoms with Gasteiger partial charge in [0.2, 0.25) is 0 Å². The highest BCUT2D eigenvalue weighted by Crippen LogP contribution is 2.29. The number of methoxy groups -OCH3 is 2. The number of halogens is 3. The number of hydrogen-bond donors (Lipinski definition) is 1. The van der Waals surface area contributed by atoms with Gasteiger partial charge in [-0.05, 0) is 30.3 Å². The molecule has 0 atom stereocenters. The van der Waals surface area contributed by atoms with Crippen LogP contribution in [0.25, 0.3) is 0 Å². The third kappa shape index (κ3) is 4.26. The summed E-state index contributed by atoms with van der Waals surface area (Å²) >= 11 is 0. The van der Waals surface area contributed by atoms with E-state index in [1.165, 1.54) is 14.2 Å². The fourth-order valence-electron chi connectivity index (χ4n) is 2.09. The first-order valence-electron chi connectivity index (χ1n) is 6.99. The van der Waals surface area contributed by atoms with Gasteiger partial charge in [0.15, 0.2) is 0 Å². The monoisotopic (exact) mass is 339 g/mol. The van der Waals surface area contributed by atoms with E-state index in [-0.39, 0.29) is 12.2 Å². The molecule has 4 nitrogen and oxygen atoms in total. The summed E-state index contributed by atoms with van der Waals surface area (Å²) in [5.74, 6) is 0.0203. The molecule has 2 aromatic rings. The first-order chi connectivity index (χ1) is 11.3. The number of ether oxygens (including phenoxy) is 2. The van der Waals surface area contributed by atoms with E-state index in [1.807, 2.05) is 0 Å². The molecule has 7 heteroatoms. The number of amides is 1. The topological polar surface area (TPSA) is 47.6 Å². The first-order valence-corrected chi connectivity index (χ1v) is 6.99. The Bertz CT molecular complexity index is 712. The smallest absolute Gasteiger partial charge is 0.416 e. The lowest BCUT2D eigenvalue weighted by atomic mass is 10.1. The lowest BCUT2D eigenvalue weighted by Gasteiger charge is -2.13. The molecule has 1 N–H and O–H groups in total. The Labute approximate surface area is 137 Å². The van der Waals surface area contributed by atoms with Crippen LogP contribution in [0.5, 0.6) is 5.75 Å². The number of carbonyl (C=O) groups is 1. The maximum absolute atomic E-state index is 12.6. The second-order valence-electron chi connectivity index (χ2n) is 4.99. The van der Waals surface area contributed by atoms with E-state index in [0.29, 0.717) is 11.4 Å². The fraction of sp³-hybridized carbons (Fsp3) is 0.235. The second kappa shape index (κ2) is 7.35. The van der Waals surface area contributed by atoms with Crippen molar-refractivity contribution in [2.45, 2.75) is 12.8 Å². The van der Waals surface area contributed by atoms with Crippen LogP contribution in [0.1, 0.15) is 21.5 Å². The van der Waals surface area contributed by atoms with Gasteiger partial charge in [-0.2, -0.15) is 13.2 Å². The minimum atomic E-state index is -4.44. The van der Waals surface area contributed by atoms with Gasteiger partial charge in [-0.25, -0.2) is 0 Å². The molecule has 0 heterocycles. The molecule has 0 aliphatic heterocycles. The average molecular weight is 339 g/mol. The standard InChI is InChI=1S/C17H16F3NO3/c1-23-10-12-5-8-14(24-2)9-15(12)21-16(22)11-3-6-13(7-4-11)17(18,19)20/h3-9H,10H2,1-2H3,(H,21,22). The van der Waals surface area contributed by atoms with Crippen LogP contribution in [-0.2, 0) is 17.5 Å². The molecule has 0 saturated heterocycles. The van der Waals surface area contributed by atoms with E-state index >= 15 is 0 Å². The number of carbonyl (C=O) groups excluding carboxylic acids is 1. The van der Waals surface area contributed by atoms with E-state index in [2.05, 4.69) is 5.32 Å². The summed E-state index contributed by atoms with van der Waals surface area (Å²) in [6.45, 7) is 0.270. The minimum absolute atomic E-state index is 0.120. The molecule has 0 aromatic heterocycles. The van der Waals surface area contributed by atoms with Crippen molar-refractivity contribution in [3.05, 3.63) is 59.2 Å². The number of rotatable bonds is 5. The van der Waals surface area contributed by atoms with Crippen molar-refractivity contribution in [2.75, 3.05) is 19.5 Å².